The van der Waals surface area contributed by atoms with Crippen molar-refractivity contribution in [3.63, 3.8) is 0 Å². The molecule has 118 valence electrons. The van der Waals surface area contributed by atoms with Crippen LogP contribution >= 0.6 is 0 Å². The van der Waals surface area contributed by atoms with E-state index < -0.39 is 0 Å². The molecule has 23 heavy (non-hydrogen) atoms. The van der Waals surface area contributed by atoms with Crippen LogP contribution in [0.1, 0.15) is 41.5 Å². The molecule has 3 heterocycles. The Labute approximate surface area is 133 Å². The molecule has 1 amide bonds. The maximum absolute atomic E-state index is 12.6. The third-order valence-electron chi connectivity index (χ3n) is 3.46. The maximum Gasteiger partial charge on any atom is 0.259 e. The summed E-state index contributed by atoms with van der Waals surface area (Å²) in [6.45, 7) is 5.79. The van der Waals surface area contributed by atoms with Crippen LogP contribution in [-0.4, -0.2) is 25.8 Å². The van der Waals surface area contributed by atoms with E-state index in [9.17, 15) is 4.79 Å². The van der Waals surface area contributed by atoms with Crippen LogP contribution in [0.25, 0.3) is 5.82 Å². The summed E-state index contributed by atoms with van der Waals surface area (Å²) in [5.74, 6) is 0.530. The van der Waals surface area contributed by atoms with Gasteiger partial charge in [0.2, 0.25) is 0 Å². The molecule has 0 unspecified atom stereocenters. The molecule has 3 aromatic rings. The Morgan fingerprint density at radius 3 is 2.78 bits per heavy atom. The Hall–Kier alpha value is -2.96. The van der Waals surface area contributed by atoms with Gasteiger partial charge in [0.05, 0.1) is 17.5 Å². The number of pyridine rings is 1. The van der Waals surface area contributed by atoms with Gasteiger partial charge in [-0.25, -0.2) is 9.67 Å². The number of nitrogens with one attached hydrogen (secondary N) is 1. The minimum Gasteiger partial charge on any atom is -0.362 e. The molecule has 0 aliphatic carbocycles. The van der Waals surface area contributed by atoms with E-state index in [-0.39, 0.29) is 11.8 Å². The maximum atomic E-state index is 12.6. The lowest BCUT2D eigenvalue weighted by Gasteiger charge is -2.12. The van der Waals surface area contributed by atoms with Crippen molar-refractivity contribution in [3.8, 4) is 5.82 Å². The van der Waals surface area contributed by atoms with Crippen molar-refractivity contribution in [3.05, 3.63) is 53.8 Å². The van der Waals surface area contributed by atoms with Gasteiger partial charge in [0.25, 0.3) is 5.91 Å². The van der Waals surface area contributed by atoms with Crippen molar-refractivity contribution < 1.29 is 9.32 Å². The van der Waals surface area contributed by atoms with Gasteiger partial charge in [-0.15, -0.1) is 0 Å². The van der Waals surface area contributed by atoms with Crippen molar-refractivity contribution in [2.75, 3.05) is 5.32 Å². The summed E-state index contributed by atoms with van der Waals surface area (Å²) >= 11 is 0. The first-order valence-corrected chi connectivity index (χ1v) is 7.29. The van der Waals surface area contributed by atoms with E-state index >= 15 is 0 Å². The topological polar surface area (TPSA) is 85.8 Å². The van der Waals surface area contributed by atoms with E-state index in [0.717, 1.165) is 5.69 Å². The minimum absolute atomic E-state index is 0.101. The fourth-order valence-electron chi connectivity index (χ4n) is 2.35. The highest BCUT2D eigenvalue weighted by molar-refractivity contribution is 6.05. The molecule has 0 aliphatic heterocycles. The molecule has 0 aliphatic rings. The highest BCUT2D eigenvalue weighted by atomic mass is 16.5. The first-order chi connectivity index (χ1) is 11.1. The van der Waals surface area contributed by atoms with Crippen molar-refractivity contribution in [1.29, 1.82) is 0 Å². The van der Waals surface area contributed by atoms with Crippen LogP contribution in [0.5, 0.6) is 0 Å². The molecular formula is C16H17N5O2. The molecule has 0 fully saturated rings. The second-order valence-corrected chi connectivity index (χ2v) is 5.47. The normalized spacial score (nSPS) is 11.0. The average Bonchev–Trinajstić information content (AvgIpc) is 3.15. The number of hydrogen-bond donors (Lipinski definition) is 1. The van der Waals surface area contributed by atoms with Gasteiger partial charge >= 0.3 is 0 Å². The minimum atomic E-state index is -0.248. The second kappa shape index (κ2) is 6.04. The number of amides is 1. The number of aryl methyl sites for hydroxylation is 1. The summed E-state index contributed by atoms with van der Waals surface area (Å²) in [4.78, 5) is 16.9. The van der Waals surface area contributed by atoms with Crippen LogP contribution in [0.4, 0.5) is 5.69 Å². The molecule has 0 radical (unpaired) electrons. The third-order valence-corrected chi connectivity index (χ3v) is 3.46. The molecule has 0 spiro atoms. The number of carbonyl (C=O) groups excluding carboxylic acids is 1. The first kappa shape index (κ1) is 15.0. The van der Waals surface area contributed by atoms with Gasteiger partial charge < -0.3 is 9.84 Å². The van der Waals surface area contributed by atoms with E-state index in [0.29, 0.717) is 22.8 Å². The average molecular weight is 311 g/mol. The van der Waals surface area contributed by atoms with Crippen molar-refractivity contribution >= 4 is 11.6 Å². The van der Waals surface area contributed by atoms with Gasteiger partial charge in [-0.2, -0.15) is 5.10 Å². The van der Waals surface area contributed by atoms with Crippen LogP contribution in [0.15, 0.2) is 41.4 Å². The van der Waals surface area contributed by atoms with Crippen LogP contribution in [0, 0.1) is 6.92 Å². The van der Waals surface area contributed by atoms with E-state index in [4.69, 9.17) is 4.52 Å². The van der Waals surface area contributed by atoms with Gasteiger partial charge in [-0.1, -0.05) is 25.1 Å². The third kappa shape index (κ3) is 2.85. The lowest BCUT2D eigenvalue weighted by atomic mass is 10.1. The molecule has 7 heteroatoms. The lowest BCUT2D eigenvalue weighted by molar-refractivity contribution is 0.102. The summed E-state index contributed by atoms with van der Waals surface area (Å²) in [7, 11) is 0. The van der Waals surface area contributed by atoms with Crippen molar-refractivity contribution in [2.24, 2.45) is 0 Å². The fraction of sp³-hybridized carbons (Fsp3) is 0.250. The second-order valence-electron chi connectivity index (χ2n) is 5.47. The van der Waals surface area contributed by atoms with E-state index in [1.165, 1.54) is 6.26 Å². The predicted molar refractivity (Wildman–Crippen MR) is 84.6 cm³/mol. The quantitative estimate of drug-likeness (QED) is 0.800. The molecular weight excluding hydrogens is 294 g/mol. The Morgan fingerprint density at radius 1 is 1.35 bits per heavy atom. The highest BCUT2D eigenvalue weighted by Crippen LogP contribution is 2.23. The van der Waals surface area contributed by atoms with Crippen molar-refractivity contribution in [2.45, 2.75) is 26.7 Å². The molecule has 0 saturated heterocycles. The van der Waals surface area contributed by atoms with E-state index in [1.54, 1.807) is 24.0 Å². The fourth-order valence-corrected chi connectivity index (χ4v) is 2.35. The molecule has 3 aromatic heterocycles. The molecule has 0 atom stereocenters. The van der Waals surface area contributed by atoms with Crippen LogP contribution in [0.3, 0.4) is 0 Å². The van der Waals surface area contributed by atoms with Gasteiger partial charge in [0.15, 0.2) is 5.82 Å². The van der Waals surface area contributed by atoms with Gasteiger partial charge in [0.1, 0.15) is 17.6 Å². The van der Waals surface area contributed by atoms with Crippen molar-refractivity contribution in [1.82, 2.24) is 19.9 Å². The Morgan fingerprint density at radius 2 is 2.17 bits per heavy atom. The number of anilines is 1. The molecule has 1 N–H and O–H groups in total. The van der Waals surface area contributed by atoms with Gasteiger partial charge in [-0.3, -0.25) is 4.79 Å². The Kier molecular flexibility index (Phi) is 3.92. The monoisotopic (exact) mass is 311 g/mol. The molecule has 0 bridgehead atoms. The molecule has 7 nitrogen and oxygen atoms in total. The molecule has 0 saturated carbocycles. The smallest absolute Gasteiger partial charge is 0.259 e. The van der Waals surface area contributed by atoms with Gasteiger partial charge in [0, 0.05) is 6.20 Å². The molecule has 0 aromatic carbocycles. The zero-order valence-corrected chi connectivity index (χ0v) is 13.1. The number of nitrogens with zero attached hydrogens (tertiary/aromatic N) is 4. The summed E-state index contributed by atoms with van der Waals surface area (Å²) in [5.41, 5.74) is 2.48. The van der Waals surface area contributed by atoms with Crippen LogP contribution < -0.4 is 5.32 Å². The predicted octanol–water partition coefficient (Wildman–Crippen LogP) is 2.94. The summed E-state index contributed by atoms with van der Waals surface area (Å²) in [6, 6.07) is 5.57. The zero-order valence-electron chi connectivity index (χ0n) is 13.1. The number of carbonyl (C=O) groups is 1. The van der Waals surface area contributed by atoms with Crippen LogP contribution in [0.2, 0.25) is 0 Å². The first-order valence-electron chi connectivity index (χ1n) is 7.29. The summed E-state index contributed by atoms with van der Waals surface area (Å²) in [5, 5.41) is 10.9. The number of hydrogen-bond acceptors (Lipinski definition) is 5. The van der Waals surface area contributed by atoms with Crippen LogP contribution in [-0.2, 0) is 0 Å². The largest absolute Gasteiger partial charge is 0.362 e. The van der Waals surface area contributed by atoms with Gasteiger partial charge in [-0.05, 0) is 25.0 Å². The van der Waals surface area contributed by atoms with E-state index in [2.05, 4.69) is 20.6 Å². The summed E-state index contributed by atoms with van der Waals surface area (Å²) < 4.78 is 6.53. The standard InChI is InChI=1S/C16H17N5O2/c1-10(2)15-12(16(22)19-13-9-23-20-11(13)3)8-18-21(15)14-6-4-5-7-17-14/h4-10H,1-3H3,(H,19,22). The van der Waals surface area contributed by atoms with E-state index in [1.807, 2.05) is 32.0 Å². The SMILES string of the molecule is Cc1nocc1NC(=O)c1cnn(-c2ccccn2)c1C(C)C. The highest BCUT2D eigenvalue weighted by Gasteiger charge is 2.22. The Bertz CT molecular complexity index is 820. The summed E-state index contributed by atoms with van der Waals surface area (Å²) in [6.07, 6.45) is 4.66. The zero-order chi connectivity index (χ0) is 16.4. The Balaban J connectivity index is 1.98. The molecule has 3 rings (SSSR count). The number of rotatable bonds is 4. The number of aromatic nitrogens is 4. The lowest BCUT2D eigenvalue weighted by Crippen LogP contribution is -2.16.